The molecule has 6 atom stereocenters. The van der Waals surface area contributed by atoms with Crippen LogP contribution in [0.1, 0.15) is 54.4 Å². The Morgan fingerprint density at radius 2 is 1.06 bits per heavy atom. The zero-order chi connectivity index (χ0) is 23.8. The molecule has 4 heterocycles. The molecule has 0 aliphatic carbocycles. The van der Waals surface area contributed by atoms with Crippen molar-refractivity contribution in [2.45, 2.75) is 102 Å². The molecule has 0 radical (unpaired) electrons. The average molecular weight is 457 g/mol. The Labute approximate surface area is 190 Å². The van der Waals surface area contributed by atoms with Crippen LogP contribution in [0.15, 0.2) is 0 Å². The Morgan fingerprint density at radius 1 is 0.719 bits per heavy atom. The molecular weight excluding hydrogens is 416 g/mol. The predicted octanol–water partition coefficient (Wildman–Crippen LogP) is 0.657. The average Bonchev–Trinajstić information content (AvgIpc) is 2.95. The number of hydrogen-bond acceptors (Lipinski definition) is 8. The Hall–Kier alpha value is -1.62. The third-order valence-electron chi connectivity index (χ3n) is 6.09. The Bertz CT molecular complexity index is 633. The maximum absolute atomic E-state index is 12.0. The van der Waals surface area contributed by atoms with Crippen LogP contribution in [-0.2, 0) is 9.47 Å². The third-order valence-corrected chi connectivity index (χ3v) is 6.09. The topological polar surface area (TPSA) is 124 Å². The normalized spacial score (nSPS) is 34.0. The first-order valence-electron chi connectivity index (χ1n) is 11.6. The van der Waals surface area contributed by atoms with Crippen LogP contribution in [0.4, 0.5) is 9.59 Å². The number of piperazine rings is 2. The predicted molar refractivity (Wildman–Crippen MR) is 118 cm³/mol. The summed E-state index contributed by atoms with van der Waals surface area (Å²) in [5, 5.41) is 26.1. The molecule has 0 spiro atoms. The van der Waals surface area contributed by atoms with Crippen LogP contribution in [-0.4, -0.2) is 106 Å². The van der Waals surface area contributed by atoms with Gasteiger partial charge in [0.25, 0.3) is 0 Å². The van der Waals surface area contributed by atoms with E-state index in [9.17, 15) is 19.8 Å². The van der Waals surface area contributed by atoms with Crippen molar-refractivity contribution in [1.29, 1.82) is 0 Å². The summed E-state index contributed by atoms with van der Waals surface area (Å²) in [6, 6.07) is -0.116. The minimum absolute atomic E-state index is 0.0728. The molecule has 0 aromatic rings. The van der Waals surface area contributed by atoms with Crippen molar-refractivity contribution in [2.24, 2.45) is 0 Å². The summed E-state index contributed by atoms with van der Waals surface area (Å²) in [7, 11) is 0. The van der Waals surface area contributed by atoms with Gasteiger partial charge >= 0.3 is 12.2 Å². The van der Waals surface area contributed by atoms with Gasteiger partial charge in [-0.1, -0.05) is 0 Å². The van der Waals surface area contributed by atoms with Gasteiger partial charge in [0.15, 0.2) is 0 Å². The summed E-state index contributed by atoms with van der Waals surface area (Å²) in [4.78, 5) is 27.4. The molecular formula is C22H40N4O6. The van der Waals surface area contributed by atoms with Gasteiger partial charge in [0.2, 0.25) is 0 Å². The molecule has 10 heteroatoms. The van der Waals surface area contributed by atoms with Crippen molar-refractivity contribution in [2.75, 3.05) is 26.2 Å². The SMILES string of the molecule is CC(C)(C)OC(=O)N1[C@@H]2CNC[C@@H]1[C@H](O)C2.CC(C)(C)OC(=O)N1[C@H]2CNC[C@H]1[C@@H](O)C2. The molecule has 0 saturated carbocycles. The maximum Gasteiger partial charge on any atom is 0.410 e. The van der Waals surface area contributed by atoms with Gasteiger partial charge in [-0.2, -0.15) is 0 Å². The lowest BCUT2D eigenvalue weighted by Crippen LogP contribution is -2.56. The van der Waals surface area contributed by atoms with Gasteiger partial charge in [0, 0.05) is 26.2 Å². The number of carbonyl (C=O) groups is 2. The van der Waals surface area contributed by atoms with Gasteiger partial charge in [-0.05, 0) is 54.4 Å². The first-order chi connectivity index (χ1) is 14.8. The van der Waals surface area contributed by atoms with Gasteiger partial charge in [0.05, 0.1) is 36.4 Å². The maximum atomic E-state index is 12.0. The van der Waals surface area contributed by atoms with Gasteiger partial charge in [-0.25, -0.2) is 9.59 Å². The van der Waals surface area contributed by atoms with Crippen LogP contribution in [0.5, 0.6) is 0 Å². The molecule has 0 aromatic heterocycles. The number of nitrogens with one attached hydrogen (secondary N) is 2. The van der Waals surface area contributed by atoms with Crippen LogP contribution < -0.4 is 10.6 Å². The molecule has 184 valence electrons. The lowest BCUT2D eigenvalue weighted by molar-refractivity contribution is 0.00284. The number of ether oxygens (including phenoxy) is 2. The Balaban J connectivity index is 0.000000181. The zero-order valence-corrected chi connectivity index (χ0v) is 20.1. The highest BCUT2D eigenvalue weighted by atomic mass is 16.6. The first-order valence-corrected chi connectivity index (χ1v) is 11.6. The van der Waals surface area contributed by atoms with Crippen molar-refractivity contribution < 1.29 is 29.3 Å². The molecule has 0 unspecified atom stereocenters. The van der Waals surface area contributed by atoms with Crippen LogP contribution in [0, 0.1) is 0 Å². The second-order valence-electron chi connectivity index (χ2n) is 11.1. The monoisotopic (exact) mass is 456 g/mol. The molecule has 10 nitrogen and oxygen atoms in total. The van der Waals surface area contributed by atoms with Crippen LogP contribution in [0.25, 0.3) is 0 Å². The first kappa shape index (κ1) is 25.0. The van der Waals surface area contributed by atoms with Crippen molar-refractivity contribution >= 4 is 12.2 Å². The van der Waals surface area contributed by atoms with Gasteiger partial charge in [0.1, 0.15) is 11.2 Å². The van der Waals surface area contributed by atoms with Crippen molar-refractivity contribution in [1.82, 2.24) is 20.4 Å². The lowest BCUT2D eigenvalue weighted by atomic mass is 10.2. The molecule has 0 aromatic carbocycles. The highest BCUT2D eigenvalue weighted by Gasteiger charge is 2.47. The molecule has 4 fully saturated rings. The number of aliphatic hydroxyl groups excluding tert-OH is 2. The van der Waals surface area contributed by atoms with Crippen LogP contribution in [0.2, 0.25) is 0 Å². The number of carbonyl (C=O) groups excluding carboxylic acids is 2. The van der Waals surface area contributed by atoms with E-state index in [-0.39, 0.29) is 36.4 Å². The summed E-state index contributed by atoms with van der Waals surface area (Å²) >= 11 is 0. The summed E-state index contributed by atoms with van der Waals surface area (Å²) in [5.74, 6) is 0. The lowest BCUT2D eigenvalue weighted by Gasteiger charge is -2.36. The van der Waals surface area contributed by atoms with E-state index in [1.807, 2.05) is 41.5 Å². The fourth-order valence-corrected chi connectivity index (χ4v) is 4.84. The fraction of sp³-hybridized carbons (Fsp3) is 0.909. The minimum Gasteiger partial charge on any atom is -0.444 e. The van der Waals surface area contributed by atoms with E-state index in [0.29, 0.717) is 25.9 Å². The number of aliphatic hydroxyl groups is 2. The summed E-state index contributed by atoms with van der Waals surface area (Å²) < 4.78 is 10.7. The Morgan fingerprint density at radius 3 is 1.34 bits per heavy atom. The van der Waals surface area contributed by atoms with Crippen molar-refractivity contribution in [3.8, 4) is 0 Å². The zero-order valence-electron chi connectivity index (χ0n) is 20.1. The van der Waals surface area contributed by atoms with E-state index >= 15 is 0 Å². The van der Waals surface area contributed by atoms with E-state index in [0.717, 1.165) is 13.1 Å². The molecule has 32 heavy (non-hydrogen) atoms. The van der Waals surface area contributed by atoms with Gasteiger partial charge in [-0.3, -0.25) is 9.80 Å². The number of hydrogen-bond donors (Lipinski definition) is 4. The summed E-state index contributed by atoms with van der Waals surface area (Å²) in [5.41, 5.74) is -0.960. The summed E-state index contributed by atoms with van der Waals surface area (Å²) in [6.07, 6.45) is -0.158. The van der Waals surface area contributed by atoms with Crippen molar-refractivity contribution in [3.05, 3.63) is 0 Å². The molecule has 4 aliphatic rings. The molecule has 4 rings (SSSR count). The third kappa shape index (κ3) is 5.84. The number of nitrogens with zero attached hydrogens (tertiary/aromatic N) is 2. The second kappa shape index (κ2) is 9.32. The second-order valence-corrected chi connectivity index (χ2v) is 11.1. The van der Waals surface area contributed by atoms with Crippen LogP contribution >= 0.6 is 0 Å². The smallest absolute Gasteiger partial charge is 0.410 e. The van der Waals surface area contributed by atoms with E-state index < -0.39 is 23.4 Å². The molecule has 4 saturated heterocycles. The molecule has 4 aliphatic heterocycles. The quantitative estimate of drug-likeness (QED) is 0.419. The number of rotatable bonds is 0. The molecule has 4 bridgehead atoms. The standard InChI is InChI=1S/2C11H20N2O3/c2*1-11(2,3)16-10(15)13-7-4-9(14)8(13)6-12-5-7/h2*7-9,12,14H,4-6H2,1-3H3/t2*7-,8+,9+/m10/s1. The van der Waals surface area contributed by atoms with Crippen LogP contribution in [0.3, 0.4) is 0 Å². The minimum atomic E-state index is -0.480. The highest BCUT2D eigenvalue weighted by molar-refractivity contribution is 5.70. The van der Waals surface area contributed by atoms with E-state index in [2.05, 4.69) is 10.6 Å². The fourth-order valence-electron chi connectivity index (χ4n) is 4.84. The highest BCUT2D eigenvalue weighted by Crippen LogP contribution is 2.30. The van der Waals surface area contributed by atoms with Gasteiger partial charge < -0.3 is 30.3 Å². The largest absolute Gasteiger partial charge is 0.444 e. The Kier molecular flexibility index (Phi) is 7.29. The van der Waals surface area contributed by atoms with E-state index in [1.54, 1.807) is 9.80 Å². The molecule has 4 N–H and O–H groups in total. The van der Waals surface area contributed by atoms with Gasteiger partial charge in [-0.15, -0.1) is 0 Å². The number of fused-ring (bicyclic) bond motifs is 4. The van der Waals surface area contributed by atoms with E-state index in [1.165, 1.54) is 0 Å². The van der Waals surface area contributed by atoms with E-state index in [4.69, 9.17) is 9.47 Å². The van der Waals surface area contributed by atoms with Crippen molar-refractivity contribution in [3.63, 3.8) is 0 Å². The number of amides is 2. The molecule has 2 amide bonds. The summed E-state index contributed by atoms with van der Waals surface area (Å²) in [6.45, 7) is 13.9.